The largest absolute Gasteiger partial charge is 0.314 e. The van der Waals surface area contributed by atoms with E-state index in [1.165, 1.54) is 12.8 Å². The minimum atomic E-state index is 0. The molecule has 1 fully saturated rings. The molecule has 1 aromatic heterocycles. The number of hydrogen-bond donors (Lipinski definition) is 1. The molecule has 5 nitrogen and oxygen atoms in total. The molecule has 74 valence electrons. The number of aryl methyl sites for hydroxylation is 1. The number of rotatable bonds is 2. The van der Waals surface area contributed by atoms with Crippen LogP contribution < -0.4 is 5.32 Å². The Kier molecular flexibility index (Phi) is 3.62. The van der Waals surface area contributed by atoms with Crippen molar-refractivity contribution in [2.75, 3.05) is 6.54 Å². The Labute approximate surface area is 83.3 Å². The van der Waals surface area contributed by atoms with Gasteiger partial charge in [-0.15, -0.1) is 17.5 Å². The van der Waals surface area contributed by atoms with E-state index in [0.29, 0.717) is 6.04 Å². The van der Waals surface area contributed by atoms with Crippen LogP contribution in [0.5, 0.6) is 0 Å². The van der Waals surface area contributed by atoms with Gasteiger partial charge in [0.15, 0.2) is 5.82 Å². The van der Waals surface area contributed by atoms with Crippen LogP contribution in [-0.2, 0) is 13.5 Å². The lowest BCUT2D eigenvalue weighted by atomic mass is 10.1. The quantitative estimate of drug-likeness (QED) is 0.731. The highest BCUT2D eigenvalue weighted by molar-refractivity contribution is 5.85. The van der Waals surface area contributed by atoms with Crippen LogP contribution in [0.25, 0.3) is 0 Å². The molecule has 1 atom stereocenters. The molecule has 0 bridgehead atoms. The molecule has 13 heavy (non-hydrogen) atoms. The van der Waals surface area contributed by atoms with Crippen molar-refractivity contribution in [3.05, 3.63) is 5.82 Å². The van der Waals surface area contributed by atoms with E-state index in [2.05, 4.69) is 20.8 Å². The molecule has 2 rings (SSSR count). The molecule has 0 radical (unpaired) electrons. The fourth-order valence-corrected chi connectivity index (χ4v) is 1.57. The van der Waals surface area contributed by atoms with E-state index < -0.39 is 0 Å². The Hall–Kier alpha value is -0.680. The van der Waals surface area contributed by atoms with Crippen LogP contribution in [0.4, 0.5) is 0 Å². The molecule has 1 unspecified atom stereocenters. The molecule has 0 aliphatic carbocycles. The maximum atomic E-state index is 3.94. The second kappa shape index (κ2) is 4.53. The van der Waals surface area contributed by atoms with Gasteiger partial charge in [-0.3, -0.25) is 0 Å². The number of nitrogens with zero attached hydrogens (tertiary/aromatic N) is 4. The van der Waals surface area contributed by atoms with E-state index in [0.717, 1.165) is 18.8 Å². The van der Waals surface area contributed by atoms with Crippen LogP contribution in [0.1, 0.15) is 18.7 Å². The first kappa shape index (κ1) is 10.4. The fourth-order valence-electron chi connectivity index (χ4n) is 1.57. The molecule has 1 aliphatic rings. The van der Waals surface area contributed by atoms with Crippen molar-refractivity contribution in [3.63, 3.8) is 0 Å². The summed E-state index contributed by atoms with van der Waals surface area (Å²) >= 11 is 0. The standard InChI is InChI=1S/C7H13N5.ClH/c1-12-7(9-10-11-12)5-6-3-2-4-8-6;/h6,8H,2-5H2,1H3;1H. The second-order valence-corrected chi connectivity index (χ2v) is 3.22. The normalized spacial score (nSPS) is 21.5. The molecule has 0 amide bonds. The van der Waals surface area contributed by atoms with Gasteiger partial charge >= 0.3 is 0 Å². The highest BCUT2D eigenvalue weighted by Crippen LogP contribution is 2.08. The van der Waals surface area contributed by atoms with Crippen LogP contribution in [-0.4, -0.2) is 32.8 Å². The van der Waals surface area contributed by atoms with Crippen molar-refractivity contribution in [1.29, 1.82) is 0 Å². The molecule has 1 aliphatic heterocycles. The Balaban J connectivity index is 0.000000845. The van der Waals surface area contributed by atoms with Crippen LogP contribution in [0.2, 0.25) is 0 Å². The van der Waals surface area contributed by atoms with E-state index >= 15 is 0 Å². The summed E-state index contributed by atoms with van der Waals surface area (Å²) in [6.07, 6.45) is 3.46. The SMILES string of the molecule is Cl.Cn1nnnc1CC1CCCN1. The van der Waals surface area contributed by atoms with Gasteiger partial charge in [0.1, 0.15) is 0 Å². The second-order valence-electron chi connectivity index (χ2n) is 3.22. The molecule has 0 aromatic carbocycles. The topological polar surface area (TPSA) is 55.6 Å². The monoisotopic (exact) mass is 203 g/mol. The zero-order valence-corrected chi connectivity index (χ0v) is 8.42. The minimum absolute atomic E-state index is 0. The molecule has 6 heteroatoms. The number of aromatic nitrogens is 4. The number of nitrogens with one attached hydrogen (secondary N) is 1. The summed E-state index contributed by atoms with van der Waals surface area (Å²) in [6.45, 7) is 1.13. The van der Waals surface area contributed by atoms with Gasteiger partial charge < -0.3 is 5.32 Å². The lowest BCUT2D eigenvalue weighted by Gasteiger charge is -2.07. The van der Waals surface area contributed by atoms with E-state index in [4.69, 9.17) is 0 Å². The Morgan fingerprint density at radius 1 is 1.62 bits per heavy atom. The molecule has 1 saturated heterocycles. The summed E-state index contributed by atoms with van der Waals surface area (Å²) in [4.78, 5) is 0. The maximum Gasteiger partial charge on any atom is 0.152 e. The molecule has 1 aromatic rings. The highest BCUT2D eigenvalue weighted by Gasteiger charge is 2.16. The van der Waals surface area contributed by atoms with Gasteiger partial charge in [0, 0.05) is 19.5 Å². The number of hydrogen-bond acceptors (Lipinski definition) is 4. The summed E-state index contributed by atoms with van der Waals surface area (Å²) < 4.78 is 1.74. The van der Waals surface area contributed by atoms with Crippen molar-refractivity contribution in [1.82, 2.24) is 25.5 Å². The zero-order chi connectivity index (χ0) is 8.39. The van der Waals surface area contributed by atoms with Crippen molar-refractivity contribution in [2.24, 2.45) is 7.05 Å². The van der Waals surface area contributed by atoms with Gasteiger partial charge in [0.2, 0.25) is 0 Å². The minimum Gasteiger partial charge on any atom is -0.314 e. The third-order valence-corrected chi connectivity index (χ3v) is 2.30. The summed E-state index contributed by atoms with van der Waals surface area (Å²) in [5.41, 5.74) is 0. The van der Waals surface area contributed by atoms with Crippen molar-refractivity contribution >= 4 is 12.4 Å². The first-order valence-electron chi connectivity index (χ1n) is 4.31. The van der Waals surface area contributed by atoms with E-state index in [1.807, 2.05) is 7.05 Å². The number of halogens is 1. The Bertz CT molecular complexity index is 255. The first-order chi connectivity index (χ1) is 5.86. The van der Waals surface area contributed by atoms with Gasteiger partial charge in [-0.25, -0.2) is 4.68 Å². The highest BCUT2D eigenvalue weighted by atomic mass is 35.5. The smallest absolute Gasteiger partial charge is 0.152 e. The van der Waals surface area contributed by atoms with Gasteiger partial charge in [-0.05, 0) is 29.8 Å². The van der Waals surface area contributed by atoms with Gasteiger partial charge in [0.25, 0.3) is 0 Å². The van der Waals surface area contributed by atoms with Crippen LogP contribution >= 0.6 is 12.4 Å². The predicted molar refractivity (Wildman–Crippen MR) is 50.8 cm³/mol. The van der Waals surface area contributed by atoms with Crippen molar-refractivity contribution < 1.29 is 0 Å². The van der Waals surface area contributed by atoms with Gasteiger partial charge in [0.05, 0.1) is 0 Å². The predicted octanol–water partition coefficient (Wildman–Crippen LogP) is -0.0736. The van der Waals surface area contributed by atoms with Crippen LogP contribution in [0.15, 0.2) is 0 Å². The molecule has 0 spiro atoms. The lowest BCUT2D eigenvalue weighted by molar-refractivity contribution is 0.561. The van der Waals surface area contributed by atoms with E-state index in [-0.39, 0.29) is 12.4 Å². The molecular formula is C7H14ClN5. The number of tetrazole rings is 1. The summed E-state index contributed by atoms with van der Waals surface area (Å²) in [6, 6.07) is 0.578. The Morgan fingerprint density at radius 3 is 3.00 bits per heavy atom. The average Bonchev–Trinajstić information content (AvgIpc) is 2.65. The molecule has 0 saturated carbocycles. The first-order valence-corrected chi connectivity index (χ1v) is 4.31. The van der Waals surface area contributed by atoms with Crippen LogP contribution in [0, 0.1) is 0 Å². The fraction of sp³-hybridized carbons (Fsp3) is 0.857. The molecule has 2 heterocycles. The van der Waals surface area contributed by atoms with Gasteiger partial charge in [-0.1, -0.05) is 0 Å². The van der Waals surface area contributed by atoms with E-state index in [1.54, 1.807) is 4.68 Å². The third kappa shape index (κ3) is 2.38. The summed E-state index contributed by atoms with van der Waals surface area (Å²) in [5.74, 6) is 0.967. The lowest BCUT2D eigenvalue weighted by Crippen LogP contribution is -2.25. The maximum absolute atomic E-state index is 3.94. The van der Waals surface area contributed by atoms with Crippen LogP contribution in [0.3, 0.4) is 0 Å². The summed E-state index contributed by atoms with van der Waals surface area (Å²) in [7, 11) is 1.88. The average molecular weight is 204 g/mol. The Morgan fingerprint density at radius 2 is 2.46 bits per heavy atom. The molecule has 1 N–H and O–H groups in total. The van der Waals surface area contributed by atoms with Crippen molar-refractivity contribution in [2.45, 2.75) is 25.3 Å². The van der Waals surface area contributed by atoms with Gasteiger partial charge in [-0.2, -0.15) is 0 Å². The molecular weight excluding hydrogens is 190 g/mol. The van der Waals surface area contributed by atoms with Crippen molar-refractivity contribution in [3.8, 4) is 0 Å². The summed E-state index contributed by atoms with van der Waals surface area (Å²) in [5, 5.41) is 14.7. The zero-order valence-electron chi connectivity index (χ0n) is 7.60. The van der Waals surface area contributed by atoms with E-state index in [9.17, 15) is 0 Å². The third-order valence-electron chi connectivity index (χ3n) is 2.30.